The van der Waals surface area contributed by atoms with Gasteiger partial charge in [0.05, 0.1) is 0 Å². The Morgan fingerprint density at radius 2 is 1.91 bits per heavy atom. The highest BCUT2D eigenvalue weighted by molar-refractivity contribution is 6.05. The summed E-state index contributed by atoms with van der Waals surface area (Å²) in [7, 11) is 0. The largest absolute Gasteiger partial charge is 0.353 e. The first-order chi connectivity index (χ1) is 16.0. The van der Waals surface area contributed by atoms with Crippen molar-refractivity contribution >= 4 is 35.3 Å². The lowest BCUT2D eigenvalue weighted by Gasteiger charge is -2.35. The van der Waals surface area contributed by atoms with Crippen molar-refractivity contribution in [1.29, 1.82) is 0 Å². The Morgan fingerprint density at radius 1 is 1.09 bits per heavy atom. The second-order valence-electron chi connectivity index (χ2n) is 8.24. The van der Waals surface area contributed by atoms with Gasteiger partial charge >= 0.3 is 6.03 Å². The van der Waals surface area contributed by atoms with E-state index in [1.54, 1.807) is 29.3 Å². The van der Waals surface area contributed by atoms with E-state index in [9.17, 15) is 19.2 Å². The number of nitrogens with zero attached hydrogens (tertiary/aromatic N) is 5. The Hall–Kier alpha value is -4.02. The van der Waals surface area contributed by atoms with Gasteiger partial charge in [0.2, 0.25) is 11.8 Å². The monoisotopic (exact) mass is 449 g/mol. The van der Waals surface area contributed by atoms with Gasteiger partial charge in [0, 0.05) is 56.6 Å². The van der Waals surface area contributed by atoms with Crippen molar-refractivity contribution < 1.29 is 19.2 Å². The van der Waals surface area contributed by atoms with Gasteiger partial charge in [-0.05, 0) is 36.2 Å². The van der Waals surface area contributed by atoms with Crippen molar-refractivity contribution in [2.24, 2.45) is 0 Å². The Bertz CT molecular complexity index is 1110. The topological polar surface area (TPSA) is 128 Å². The lowest BCUT2D eigenvalue weighted by atomic mass is 10.0. The molecule has 1 atom stereocenters. The molecule has 1 aromatic carbocycles. The molecular formula is C22H23N7O4. The number of nitrogens with one attached hydrogen (secondary N) is 2. The molecule has 170 valence electrons. The van der Waals surface area contributed by atoms with E-state index in [-0.39, 0.29) is 30.8 Å². The molecule has 2 aromatic rings. The summed E-state index contributed by atoms with van der Waals surface area (Å²) in [6.07, 6.45) is 3.73. The van der Waals surface area contributed by atoms with Crippen LogP contribution in [0.15, 0.2) is 36.8 Å². The van der Waals surface area contributed by atoms with Crippen LogP contribution in [-0.2, 0) is 16.1 Å². The molecule has 0 spiro atoms. The molecule has 1 unspecified atom stereocenters. The van der Waals surface area contributed by atoms with Crippen molar-refractivity contribution in [2.45, 2.75) is 25.4 Å². The number of carbonyl (C=O) groups excluding carboxylic acids is 4. The van der Waals surface area contributed by atoms with Crippen LogP contribution in [0.25, 0.3) is 0 Å². The number of benzene rings is 1. The Kier molecular flexibility index (Phi) is 5.37. The van der Waals surface area contributed by atoms with Crippen LogP contribution >= 0.6 is 0 Å². The second kappa shape index (κ2) is 8.49. The number of hydrogen-bond donors (Lipinski definition) is 2. The highest BCUT2D eigenvalue weighted by atomic mass is 16.2. The minimum absolute atomic E-state index is 0.205. The first-order valence-corrected chi connectivity index (χ1v) is 10.8. The fourth-order valence-corrected chi connectivity index (χ4v) is 4.46. The Morgan fingerprint density at radius 3 is 2.64 bits per heavy atom. The van der Waals surface area contributed by atoms with Crippen molar-refractivity contribution in [1.82, 2.24) is 25.1 Å². The zero-order chi connectivity index (χ0) is 22.9. The molecule has 11 nitrogen and oxygen atoms in total. The maximum absolute atomic E-state index is 12.8. The molecule has 5 amide bonds. The Balaban J connectivity index is 1.20. The van der Waals surface area contributed by atoms with Crippen LogP contribution in [0, 0.1) is 0 Å². The van der Waals surface area contributed by atoms with Crippen LogP contribution in [0.3, 0.4) is 0 Å². The summed E-state index contributed by atoms with van der Waals surface area (Å²) in [5.74, 6) is -0.155. The molecule has 1 aromatic heterocycles. The molecule has 2 fully saturated rings. The van der Waals surface area contributed by atoms with Gasteiger partial charge in [-0.1, -0.05) is 0 Å². The molecule has 5 rings (SSSR count). The number of rotatable bonds is 3. The number of fused-ring (bicyclic) bond motifs is 1. The Labute approximate surface area is 189 Å². The molecule has 2 saturated heterocycles. The highest BCUT2D eigenvalue weighted by Crippen LogP contribution is 2.29. The third-order valence-electron chi connectivity index (χ3n) is 6.23. The second-order valence-corrected chi connectivity index (χ2v) is 8.24. The van der Waals surface area contributed by atoms with Crippen LogP contribution < -0.4 is 15.5 Å². The molecule has 4 heterocycles. The third-order valence-corrected chi connectivity index (χ3v) is 6.23. The molecular weight excluding hydrogens is 426 g/mol. The SMILES string of the molecule is O=C1CCC(N2Cc3cc(NC(=O)N4CCN(c5ccncn5)CC4)ccc3C2=O)C(=O)N1. The molecule has 3 aliphatic rings. The van der Waals surface area contributed by atoms with Gasteiger partial charge in [-0.3, -0.25) is 19.7 Å². The van der Waals surface area contributed by atoms with E-state index < -0.39 is 11.9 Å². The van der Waals surface area contributed by atoms with Crippen LogP contribution in [-0.4, -0.2) is 75.7 Å². The first kappa shape index (κ1) is 20.9. The average Bonchev–Trinajstić information content (AvgIpc) is 3.15. The number of amides is 5. The summed E-state index contributed by atoms with van der Waals surface area (Å²) < 4.78 is 0. The minimum Gasteiger partial charge on any atom is -0.353 e. The van der Waals surface area contributed by atoms with E-state index in [1.807, 2.05) is 6.07 Å². The van der Waals surface area contributed by atoms with Crippen LogP contribution in [0.5, 0.6) is 0 Å². The summed E-state index contributed by atoms with van der Waals surface area (Å²) in [6.45, 7) is 2.72. The van der Waals surface area contributed by atoms with Crippen molar-refractivity contribution in [3.8, 4) is 0 Å². The number of urea groups is 1. The number of anilines is 2. The van der Waals surface area contributed by atoms with Crippen molar-refractivity contribution in [3.63, 3.8) is 0 Å². The molecule has 33 heavy (non-hydrogen) atoms. The quantitative estimate of drug-likeness (QED) is 0.657. The predicted octanol–water partition coefficient (Wildman–Crippen LogP) is 0.592. The fraction of sp³-hybridized carbons (Fsp3) is 0.364. The smallest absolute Gasteiger partial charge is 0.321 e. The zero-order valence-electron chi connectivity index (χ0n) is 17.9. The van der Waals surface area contributed by atoms with E-state index in [0.29, 0.717) is 43.9 Å². The first-order valence-electron chi connectivity index (χ1n) is 10.8. The number of aromatic nitrogens is 2. The van der Waals surface area contributed by atoms with Crippen molar-refractivity contribution in [3.05, 3.63) is 47.9 Å². The molecule has 2 N–H and O–H groups in total. The molecule has 3 aliphatic heterocycles. The van der Waals surface area contributed by atoms with Gasteiger partial charge < -0.3 is 20.0 Å². The van der Waals surface area contributed by atoms with Gasteiger partial charge in [-0.15, -0.1) is 0 Å². The average molecular weight is 449 g/mol. The van der Waals surface area contributed by atoms with Gasteiger partial charge in [0.1, 0.15) is 18.2 Å². The van der Waals surface area contributed by atoms with Crippen LogP contribution in [0.1, 0.15) is 28.8 Å². The standard InChI is InChI=1S/C22H23N7O4/c30-19-4-3-17(20(31)26-19)29-12-14-11-15(1-2-16(14)21(29)32)25-22(33)28-9-7-27(8-10-28)18-5-6-23-13-24-18/h1-2,5-6,11,13,17H,3-4,7-10,12H2,(H,25,33)(H,26,30,31). The van der Waals surface area contributed by atoms with E-state index >= 15 is 0 Å². The van der Waals surface area contributed by atoms with Gasteiger partial charge in [-0.25, -0.2) is 14.8 Å². The lowest BCUT2D eigenvalue weighted by Crippen LogP contribution is -2.52. The lowest BCUT2D eigenvalue weighted by molar-refractivity contribution is -0.136. The number of imide groups is 1. The van der Waals surface area contributed by atoms with Crippen LogP contribution in [0.4, 0.5) is 16.3 Å². The summed E-state index contributed by atoms with van der Waals surface area (Å²) in [6, 6.07) is 6.12. The number of hydrogen-bond acceptors (Lipinski definition) is 7. The number of piperazine rings is 1. The van der Waals surface area contributed by atoms with E-state index in [4.69, 9.17) is 0 Å². The van der Waals surface area contributed by atoms with Crippen molar-refractivity contribution in [2.75, 3.05) is 36.4 Å². The molecule has 0 saturated carbocycles. The molecule has 11 heteroatoms. The summed E-state index contributed by atoms with van der Waals surface area (Å²) in [5, 5.41) is 5.21. The van der Waals surface area contributed by atoms with Gasteiger partial charge in [0.25, 0.3) is 5.91 Å². The minimum atomic E-state index is -0.660. The zero-order valence-corrected chi connectivity index (χ0v) is 17.9. The molecule has 0 bridgehead atoms. The maximum atomic E-state index is 12.8. The van der Waals surface area contributed by atoms with Gasteiger partial charge in [-0.2, -0.15) is 0 Å². The van der Waals surface area contributed by atoms with E-state index in [1.165, 1.54) is 11.2 Å². The van der Waals surface area contributed by atoms with E-state index in [0.717, 1.165) is 11.4 Å². The summed E-state index contributed by atoms with van der Waals surface area (Å²) >= 11 is 0. The summed E-state index contributed by atoms with van der Waals surface area (Å²) in [5.41, 5.74) is 1.85. The maximum Gasteiger partial charge on any atom is 0.321 e. The normalized spacial score (nSPS) is 20.5. The molecule has 0 radical (unpaired) electrons. The molecule has 0 aliphatic carbocycles. The van der Waals surface area contributed by atoms with Crippen LogP contribution in [0.2, 0.25) is 0 Å². The third kappa shape index (κ3) is 4.09. The summed E-state index contributed by atoms with van der Waals surface area (Å²) in [4.78, 5) is 62.7. The predicted molar refractivity (Wildman–Crippen MR) is 117 cm³/mol. The highest BCUT2D eigenvalue weighted by Gasteiger charge is 2.39. The van der Waals surface area contributed by atoms with Gasteiger partial charge in [0.15, 0.2) is 0 Å². The number of piperidine rings is 1. The number of carbonyl (C=O) groups is 4. The van der Waals surface area contributed by atoms with E-state index in [2.05, 4.69) is 25.5 Å². The fourth-order valence-electron chi connectivity index (χ4n) is 4.46.